The molecule has 4 aliphatic rings. The lowest BCUT2D eigenvalue weighted by atomic mass is 9.50. The Balaban J connectivity index is 0.000000431. The van der Waals surface area contributed by atoms with Gasteiger partial charge in [0, 0.05) is 5.41 Å². The minimum absolute atomic E-state index is 0.180. The molecule has 0 aliphatic heterocycles. The van der Waals surface area contributed by atoms with E-state index in [9.17, 15) is 22.0 Å². The number of esters is 1. The number of carbonyl (C=O) groups excluding carboxylic acids is 1. The number of ether oxygens (including phenoxy) is 1. The number of rotatable bonds is 4. The van der Waals surface area contributed by atoms with Crippen LogP contribution in [0.2, 0.25) is 0 Å². The summed E-state index contributed by atoms with van der Waals surface area (Å²) in [6.45, 7) is 6.05. The van der Waals surface area contributed by atoms with Crippen LogP contribution in [0, 0.1) is 23.2 Å². The highest BCUT2D eigenvalue weighted by atomic mass is 32.2. The quantitative estimate of drug-likeness (QED) is 0.558. The van der Waals surface area contributed by atoms with Crippen LogP contribution < -0.4 is 5.73 Å². The zero-order valence-corrected chi connectivity index (χ0v) is 16.4. The molecule has 0 aromatic heterocycles. The Morgan fingerprint density at radius 2 is 1.46 bits per heavy atom. The minimum atomic E-state index is -5.79. The summed E-state index contributed by atoms with van der Waals surface area (Å²) in [6, 6.07) is 0. The normalized spacial score (nSPS) is 33.4. The topological polar surface area (TPSA) is 108 Å². The first-order valence-corrected chi connectivity index (χ1v) is 10.4. The molecule has 26 heavy (non-hydrogen) atoms. The second-order valence-corrected chi connectivity index (χ2v) is 11.0. The van der Waals surface area contributed by atoms with Gasteiger partial charge in [-0.25, -0.2) is 4.79 Å². The summed E-state index contributed by atoms with van der Waals surface area (Å²) >= 11 is 0. The fourth-order valence-corrected chi connectivity index (χ4v) is 5.14. The summed E-state index contributed by atoms with van der Waals surface area (Å²) < 4.78 is 60.4. The summed E-state index contributed by atoms with van der Waals surface area (Å²) in [5, 5.41) is -4.89. The Morgan fingerprint density at radius 1 is 1.12 bits per heavy atom. The van der Waals surface area contributed by atoms with Crippen molar-refractivity contribution in [1.82, 2.24) is 0 Å². The molecule has 0 aromatic carbocycles. The third kappa shape index (κ3) is 5.13. The summed E-state index contributed by atoms with van der Waals surface area (Å²) in [4.78, 5) is 11.3. The molecule has 0 saturated heterocycles. The van der Waals surface area contributed by atoms with Gasteiger partial charge in [-0.3, -0.25) is 4.55 Å². The van der Waals surface area contributed by atoms with Gasteiger partial charge in [0.25, 0.3) is 0 Å². The van der Waals surface area contributed by atoms with Crippen molar-refractivity contribution in [2.24, 2.45) is 23.2 Å². The third-order valence-electron chi connectivity index (χ3n) is 5.24. The van der Waals surface area contributed by atoms with Crippen LogP contribution in [0.15, 0.2) is 0 Å². The predicted molar refractivity (Wildman–Crippen MR) is 90.7 cm³/mol. The monoisotopic (exact) mass is 398 g/mol. The number of alkyl halides is 2. The Hall–Kier alpha value is -0.800. The first-order valence-electron chi connectivity index (χ1n) is 8.99. The number of quaternary nitrogens is 1. The van der Waals surface area contributed by atoms with Gasteiger partial charge in [0.1, 0.15) is 0 Å². The van der Waals surface area contributed by atoms with E-state index in [0.29, 0.717) is 17.8 Å². The van der Waals surface area contributed by atoms with E-state index in [1.165, 1.54) is 0 Å². The molecule has 0 heterocycles. The minimum Gasteiger partial charge on any atom is -0.460 e. The highest BCUT2D eigenvalue weighted by Crippen LogP contribution is 2.60. The maximum absolute atomic E-state index is 13.2. The van der Waals surface area contributed by atoms with E-state index in [0.717, 1.165) is 38.5 Å². The summed E-state index contributed by atoms with van der Waals surface area (Å²) in [5.41, 5.74) is 3.74. The largest absolute Gasteiger partial charge is 0.465 e. The smallest absolute Gasteiger partial charge is 0.460 e. The number of hydrogen-bond donors (Lipinski definition) is 2. The zero-order chi connectivity index (χ0) is 20.0. The van der Waals surface area contributed by atoms with Gasteiger partial charge in [-0.05, 0) is 77.0 Å². The van der Waals surface area contributed by atoms with E-state index < -0.39 is 21.3 Å². The molecular weight excluding hydrogens is 368 g/mol. The Morgan fingerprint density at radius 3 is 1.77 bits per heavy atom. The number of halogens is 2. The molecule has 0 aromatic rings. The van der Waals surface area contributed by atoms with Crippen LogP contribution in [0.4, 0.5) is 8.78 Å². The number of hydrogen-bond acceptors (Lipinski definition) is 4. The van der Waals surface area contributed by atoms with Crippen molar-refractivity contribution in [3.05, 3.63) is 0 Å². The van der Waals surface area contributed by atoms with Crippen molar-refractivity contribution in [3.8, 4) is 0 Å². The first kappa shape index (κ1) is 21.5. The fourth-order valence-electron chi connectivity index (χ4n) is 4.87. The van der Waals surface area contributed by atoms with Crippen molar-refractivity contribution in [2.75, 3.05) is 6.61 Å². The second-order valence-electron chi connectivity index (χ2n) is 9.55. The van der Waals surface area contributed by atoms with Gasteiger partial charge >= 0.3 is 21.3 Å². The van der Waals surface area contributed by atoms with Gasteiger partial charge in [-0.1, -0.05) is 0 Å². The van der Waals surface area contributed by atoms with Gasteiger partial charge in [-0.2, -0.15) is 17.2 Å². The SMILES string of the molecule is CC(C)(C)[NH3+].O=C(OCC12CC3CC(CC(C3)C1)C2)C(F)(F)S(=O)(=O)O. The molecule has 9 heteroatoms. The van der Waals surface area contributed by atoms with Crippen LogP contribution in [-0.2, 0) is 19.6 Å². The maximum Gasteiger partial charge on any atom is 0.465 e. The molecule has 0 spiro atoms. The molecule has 0 radical (unpaired) electrons. The highest BCUT2D eigenvalue weighted by molar-refractivity contribution is 7.87. The predicted octanol–water partition coefficient (Wildman–Crippen LogP) is 2.25. The average Bonchev–Trinajstić information content (AvgIpc) is 2.40. The molecule has 4 bridgehead atoms. The molecule has 0 atom stereocenters. The van der Waals surface area contributed by atoms with Crippen LogP contribution >= 0.6 is 0 Å². The molecule has 0 unspecified atom stereocenters. The van der Waals surface area contributed by atoms with E-state index in [2.05, 4.69) is 31.2 Å². The number of carbonyl (C=O) groups is 1. The van der Waals surface area contributed by atoms with Crippen molar-refractivity contribution in [3.63, 3.8) is 0 Å². The lowest BCUT2D eigenvalue weighted by molar-refractivity contribution is -0.458. The molecule has 152 valence electrons. The maximum atomic E-state index is 13.2. The van der Waals surface area contributed by atoms with Gasteiger partial charge < -0.3 is 10.5 Å². The van der Waals surface area contributed by atoms with Crippen LogP contribution in [0.25, 0.3) is 0 Å². The fraction of sp³-hybridized carbons (Fsp3) is 0.941. The molecule has 4 aliphatic carbocycles. The van der Waals surface area contributed by atoms with Gasteiger partial charge in [0.15, 0.2) is 0 Å². The summed E-state index contributed by atoms with van der Waals surface area (Å²) in [5.74, 6) is -0.480. The van der Waals surface area contributed by atoms with Gasteiger partial charge in [0.2, 0.25) is 0 Å². The second kappa shape index (κ2) is 6.98. The molecular formula is C17H30F2NO5S+. The van der Waals surface area contributed by atoms with E-state index in [1.54, 1.807) is 0 Å². The summed E-state index contributed by atoms with van der Waals surface area (Å²) in [6.07, 6.45) is 6.04. The Bertz CT molecular complexity index is 601. The highest BCUT2D eigenvalue weighted by Gasteiger charge is 2.56. The van der Waals surface area contributed by atoms with Crippen LogP contribution in [0.1, 0.15) is 59.3 Å². The van der Waals surface area contributed by atoms with Crippen molar-refractivity contribution >= 4 is 16.1 Å². The first-order chi connectivity index (χ1) is 11.6. The van der Waals surface area contributed by atoms with Crippen molar-refractivity contribution in [1.29, 1.82) is 0 Å². The standard InChI is InChI=1S/C13H18F2O5S.C4H11N/c14-13(15,21(17,18)19)11(16)20-7-12-4-8-1-9(5-12)3-10(2-8)6-12;1-4(2,3)5/h8-10H,1-7H2,(H,17,18,19);5H2,1-3H3/p+1. The van der Waals surface area contributed by atoms with E-state index in [-0.39, 0.29) is 17.6 Å². The molecule has 4 saturated carbocycles. The average molecular weight is 398 g/mol. The lowest BCUT2D eigenvalue weighted by Crippen LogP contribution is -2.67. The third-order valence-corrected chi connectivity index (χ3v) is 6.05. The molecule has 0 amide bonds. The molecule has 4 N–H and O–H groups in total. The van der Waals surface area contributed by atoms with Gasteiger partial charge in [-0.15, -0.1) is 0 Å². The van der Waals surface area contributed by atoms with Gasteiger partial charge in [0.05, 0.1) is 12.1 Å². The Labute approximate surface area is 153 Å². The molecule has 6 nitrogen and oxygen atoms in total. The van der Waals surface area contributed by atoms with Crippen LogP contribution in [0.5, 0.6) is 0 Å². The lowest BCUT2D eigenvalue weighted by Gasteiger charge is -2.56. The summed E-state index contributed by atoms with van der Waals surface area (Å²) in [7, 11) is -5.79. The van der Waals surface area contributed by atoms with E-state index >= 15 is 0 Å². The van der Waals surface area contributed by atoms with E-state index in [4.69, 9.17) is 4.55 Å². The molecule has 4 rings (SSSR count). The van der Waals surface area contributed by atoms with Crippen LogP contribution in [-0.4, -0.2) is 36.3 Å². The zero-order valence-electron chi connectivity index (χ0n) is 15.6. The Kier molecular flexibility index (Phi) is 5.77. The van der Waals surface area contributed by atoms with Crippen LogP contribution in [0.3, 0.4) is 0 Å². The van der Waals surface area contributed by atoms with Crippen molar-refractivity contribution in [2.45, 2.75) is 70.1 Å². The molecule has 4 fully saturated rings. The van der Waals surface area contributed by atoms with E-state index in [1.807, 2.05) is 0 Å². The van der Waals surface area contributed by atoms with Crippen molar-refractivity contribution < 1.29 is 37.0 Å².